The minimum absolute atomic E-state index is 0.103. The summed E-state index contributed by atoms with van der Waals surface area (Å²) in [5.41, 5.74) is 12.7. The van der Waals surface area contributed by atoms with Gasteiger partial charge in [-0.2, -0.15) is 0 Å². The summed E-state index contributed by atoms with van der Waals surface area (Å²) in [7, 11) is 0. The molecule has 0 saturated carbocycles. The predicted molar refractivity (Wildman–Crippen MR) is 158 cm³/mol. The van der Waals surface area contributed by atoms with Crippen LogP contribution in [0.5, 0.6) is 0 Å². The first-order valence-corrected chi connectivity index (χ1v) is 13.3. The maximum atomic E-state index is 3.70. The lowest BCUT2D eigenvalue weighted by molar-refractivity contribution is 0.284. The number of hydrazine groups is 1. The Morgan fingerprint density at radius 2 is 1.16 bits per heavy atom. The summed E-state index contributed by atoms with van der Waals surface area (Å²) in [5, 5.41) is 2.27. The molecule has 0 radical (unpaired) electrons. The Morgan fingerprint density at radius 1 is 0.622 bits per heavy atom. The van der Waals surface area contributed by atoms with Gasteiger partial charge in [0.2, 0.25) is 0 Å². The molecule has 1 aliphatic heterocycles. The Labute approximate surface area is 222 Å². The third kappa shape index (κ3) is 5.64. The van der Waals surface area contributed by atoms with Crippen LogP contribution >= 0.6 is 0 Å². The van der Waals surface area contributed by atoms with Gasteiger partial charge in [0.1, 0.15) is 0 Å². The summed E-state index contributed by atoms with van der Waals surface area (Å²) in [4.78, 5) is 0. The van der Waals surface area contributed by atoms with Crippen LogP contribution in [0.15, 0.2) is 115 Å². The van der Waals surface area contributed by atoms with E-state index in [1.165, 1.54) is 27.8 Å². The standard InChI is InChI=1S/C35H38N2/c1-34(2,3)25-35(4,5)30-22-20-29(21-23-30)33-24-32(36-37(33)31-14-10-7-11-15-31)28-18-16-27(17-19-28)26-12-8-6-9-13-26/h6-24,33,36H,25H2,1-5H3. The van der Waals surface area contributed by atoms with Gasteiger partial charge in [-0.15, -0.1) is 0 Å². The summed E-state index contributed by atoms with van der Waals surface area (Å²) >= 11 is 0. The lowest BCUT2D eigenvalue weighted by Gasteiger charge is -2.33. The number of nitrogens with zero attached hydrogens (tertiary/aromatic N) is 1. The Hall–Kier alpha value is -3.78. The Balaban J connectivity index is 1.45. The van der Waals surface area contributed by atoms with Gasteiger partial charge in [-0.3, -0.25) is 10.4 Å². The molecule has 0 aliphatic carbocycles. The van der Waals surface area contributed by atoms with E-state index in [-0.39, 0.29) is 16.9 Å². The van der Waals surface area contributed by atoms with E-state index in [1.54, 1.807) is 0 Å². The molecule has 0 spiro atoms. The van der Waals surface area contributed by atoms with Crippen LogP contribution < -0.4 is 10.4 Å². The number of benzene rings is 4. The number of hydrogen-bond acceptors (Lipinski definition) is 2. The average Bonchev–Trinajstić information content (AvgIpc) is 3.34. The van der Waals surface area contributed by atoms with Crippen molar-refractivity contribution in [2.75, 3.05) is 5.01 Å². The monoisotopic (exact) mass is 486 g/mol. The highest BCUT2D eigenvalue weighted by Crippen LogP contribution is 2.39. The lowest BCUT2D eigenvalue weighted by atomic mass is 9.72. The van der Waals surface area contributed by atoms with Gasteiger partial charge in [0.25, 0.3) is 0 Å². The van der Waals surface area contributed by atoms with Gasteiger partial charge in [-0.1, -0.05) is 132 Å². The van der Waals surface area contributed by atoms with Crippen molar-refractivity contribution in [2.24, 2.45) is 5.41 Å². The molecular weight excluding hydrogens is 448 g/mol. The SMILES string of the molecule is CC(C)(C)CC(C)(C)c1ccc(C2C=C(c3ccc(-c4ccccc4)cc3)NN2c2ccccc2)cc1. The van der Waals surface area contributed by atoms with Crippen molar-refractivity contribution in [3.63, 3.8) is 0 Å². The molecule has 1 N–H and O–H groups in total. The number of hydrogen-bond donors (Lipinski definition) is 1. The van der Waals surface area contributed by atoms with E-state index in [4.69, 9.17) is 0 Å². The fraction of sp³-hybridized carbons (Fsp3) is 0.257. The maximum Gasteiger partial charge on any atom is 0.0958 e. The van der Waals surface area contributed by atoms with E-state index in [2.05, 4.69) is 160 Å². The zero-order chi connectivity index (χ0) is 26.0. The van der Waals surface area contributed by atoms with Crippen LogP contribution in [0.4, 0.5) is 5.69 Å². The van der Waals surface area contributed by atoms with Crippen LogP contribution in [0, 0.1) is 5.41 Å². The van der Waals surface area contributed by atoms with Crippen LogP contribution in [0.2, 0.25) is 0 Å². The molecule has 1 atom stereocenters. The van der Waals surface area contributed by atoms with Crippen molar-refractivity contribution in [3.8, 4) is 11.1 Å². The molecule has 37 heavy (non-hydrogen) atoms. The highest BCUT2D eigenvalue weighted by atomic mass is 15.5. The summed E-state index contributed by atoms with van der Waals surface area (Å²) in [6, 6.07) is 39.3. The molecule has 1 unspecified atom stereocenters. The van der Waals surface area contributed by atoms with Gasteiger partial charge in [0.15, 0.2) is 0 Å². The van der Waals surface area contributed by atoms with Crippen LogP contribution in [-0.2, 0) is 5.41 Å². The maximum absolute atomic E-state index is 3.70. The third-order valence-corrected chi connectivity index (χ3v) is 7.19. The fourth-order valence-electron chi connectivity index (χ4n) is 5.72. The topological polar surface area (TPSA) is 15.3 Å². The second-order valence-corrected chi connectivity index (χ2v) is 12.0. The quantitative estimate of drug-likeness (QED) is 0.292. The van der Waals surface area contributed by atoms with Gasteiger partial charge in [-0.25, -0.2) is 0 Å². The summed E-state index contributed by atoms with van der Waals surface area (Å²) in [6.45, 7) is 11.7. The molecule has 5 rings (SSSR count). The largest absolute Gasteiger partial charge is 0.297 e. The van der Waals surface area contributed by atoms with Crippen LogP contribution in [0.1, 0.15) is 63.8 Å². The molecule has 188 valence electrons. The number of anilines is 1. The van der Waals surface area contributed by atoms with Crippen molar-refractivity contribution in [2.45, 2.75) is 52.5 Å². The molecular formula is C35H38N2. The van der Waals surface area contributed by atoms with Crippen LogP contribution in [-0.4, -0.2) is 0 Å². The summed E-state index contributed by atoms with van der Waals surface area (Å²) in [5.74, 6) is 0. The molecule has 4 aromatic carbocycles. The Morgan fingerprint density at radius 3 is 1.76 bits per heavy atom. The first-order valence-electron chi connectivity index (χ1n) is 13.3. The second kappa shape index (κ2) is 9.94. The molecule has 0 saturated heterocycles. The molecule has 0 amide bonds. The summed E-state index contributed by atoms with van der Waals surface area (Å²) in [6.07, 6.45) is 3.49. The first kappa shape index (κ1) is 24.9. The zero-order valence-electron chi connectivity index (χ0n) is 22.7. The molecule has 2 nitrogen and oxygen atoms in total. The molecule has 0 fully saturated rings. The second-order valence-electron chi connectivity index (χ2n) is 12.0. The molecule has 2 heteroatoms. The van der Waals surface area contributed by atoms with Crippen molar-refractivity contribution >= 4 is 11.4 Å². The van der Waals surface area contributed by atoms with Crippen molar-refractivity contribution in [1.82, 2.24) is 5.43 Å². The van der Waals surface area contributed by atoms with Crippen LogP contribution in [0.3, 0.4) is 0 Å². The minimum atomic E-state index is 0.103. The van der Waals surface area contributed by atoms with Gasteiger partial charge < -0.3 is 0 Å². The number of nitrogens with one attached hydrogen (secondary N) is 1. The van der Waals surface area contributed by atoms with Gasteiger partial charge in [-0.05, 0) is 63.3 Å². The van der Waals surface area contributed by atoms with Gasteiger partial charge in [0, 0.05) is 0 Å². The van der Waals surface area contributed by atoms with Gasteiger partial charge >= 0.3 is 0 Å². The van der Waals surface area contributed by atoms with E-state index in [9.17, 15) is 0 Å². The Bertz CT molecular complexity index is 1340. The van der Waals surface area contributed by atoms with Gasteiger partial charge in [0.05, 0.1) is 17.4 Å². The molecule has 4 aromatic rings. The van der Waals surface area contributed by atoms with Crippen molar-refractivity contribution < 1.29 is 0 Å². The molecule has 1 aliphatic rings. The highest BCUT2D eigenvalue weighted by molar-refractivity contribution is 5.74. The van der Waals surface area contributed by atoms with E-state index in [1.807, 2.05) is 0 Å². The van der Waals surface area contributed by atoms with E-state index >= 15 is 0 Å². The van der Waals surface area contributed by atoms with Crippen molar-refractivity contribution in [3.05, 3.63) is 132 Å². The third-order valence-electron chi connectivity index (χ3n) is 7.19. The van der Waals surface area contributed by atoms with Crippen LogP contribution in [0.25, 0.3) is 16.8 Å². The normalized spacial score (nSPS) is 15.9. The zero-order valence-corrected chi connectivity index (χ0v) is 22.7. The molecule has 0 aromatic heterocycles. The van der Waals surface area contributed by atoms with Crippen molar-refractivity contribution in [1.29, 1.82) is 0 Å². The number of rotatable bonds is 6. The molecule has 0 bridgehead atoms. The average molecular weight is 487 g/mol. The highest BCUT2D eigenvalue weighted by Gasteiger charge is 2.30. The lowest BCUT2D eigenvalue weighted by Crippen LogP contribution is -2.34. The predicted octanol–water partition coefficient (Wildman–Crippen LogP) is 9.17. The van der Waals surface area contributed by atoms with E-state index < -0.39 is 0 Å². The van der Waals surface area contributed by atoms with E-state index in [0.29, 0.717) is 0 Å². The number of para-hydroxylation sites is 1. The Kier molecular flexibility index (Phi) is 6.69. The smallest absolute Gasteiger partial charge is 0.0958 e. The minimum Gasteiger partial charge on any atom is -0.297 e. The fourth-order valence-corrected chi connectivity index (χ4v) is 5.72. The first-order chi connectivity index (χ1) is 17.7. The molecule has 1 heterocycles. The van der Waals surface area contributed by atoms with E-state index in [0.717, 1.165) is 17.8 Å². The summed E-state index contributed by atoms with van der Waals surface area (Å²) < 4.78 is 0.